The highest BCUT2D eigenvalue weighted by Crippen LogP contribution is 2.59. The molecule has 250 valence electrons. The fourth-order valence-electron chi connectivity index (χ4n) is 6.69. The number of benzene rings is 2. The number of ether oxygens (including phenoxy) is 2. The molecule has 3 aliphatic heterocycles. The number of aliphatic hydroxyl groups is 1. The molecule has 5 atom stereocenters. The number of carbonyl (C=O) groups is 3. The number of hydrogen-bond acceptors (Lipinski definition) is 11. The molecule has 0 saturated carbocycles. The van der Waals surface area contributed by atoms with Gasteiger partial charge in [-0.25, -0.2) is 14.8 Å². The highest BCUT2D eigenvalue weighted by molar-refractivity contribution is 5.90. The number of rotatable bonds is 7. The molecule has 13 nitrogen and oxygen atoms in total. The minimum atomic E-state index is -1.30. The summed E-state index contributed by atoms with van der Waals surface area (Å²) in [5.41, 5.74) is 2.28. The lowest BCUT2D eigenvalue weighted by Crippen LogP contribution is -2.52. The Morgan fingerprint density at radius 2 is 1.90 bits per heavy atom. The third-order valence-corrected chi connectivity index (χ3v) is 9.14. The Morgan fingerprint density at radius 3 is 2.65 bits per heavy atom. The monoisotopic (exact) mass is 655 g/mol. The summed E-state index contributed by atoms with van der Waals surface area (Å²) < 4.78 is 24.3. The zero-order chi connectivity index (χ0) is 33.9. The normalized spacial score (nSPS) is 22.8. The van der Waals surface area contributed by atoms with Gasteiger partial charge in [-0.2, -0.15) is 0 Å². The minimum absolute atomic E-state index is 0.0273. The van der Waals surface area contributed by atoms with Gasteiger partial charge in [-0.15, -0.1) is 0 Å². The van der Waals surface area contributed by atoms with Gasteiger partial charge in [0.05, 0.1) is 6.61 Å². The number of nitrogens with zero attached hydrogens (tertiary/aromatic N) is 2. The van der Waals surface area contributed by atoms with Gasteiger partial charge in [0, 0.05) is 17.7 Å². The van der Waals surface area contributed by atoms with Crippen LogP contribution in [0.15, 0.2) is 57.6 Å². The second-order valence-corrected chi connectivity index (χ2v) is 13.0. The number of para-hydroxylation sites is 1. The first-order valence-electron chi connectivity index (χ1n) is 16.1. The summed E-state index contributed by atoms with van der Waals surface area (Å²) in [4.78, 5) is 49.0. The third kappa shape index (κ3) is 4.91. The number of oxazole rings is 2. The summed E-state index contributed by atoms with van der Waals surface area (Å²) in [6, 6.07) is 11.6. The van der Waals surface area contributed by atoms with Crippen LogP contribution in [0, 0.1) is 11.8 Å². The van der Waals surface area contributed by atoms with E-state index in [1.165, 1.54) is 6.26 Å². The van der Waals surface area contributed by atoms with Crippen molar-refractivity contribution in [1.29, 1.82) is 0 Å². The molecule has 0 fully saturated rings. The SMILES string of the molecule is CCOC(=O)c1coc(-c2nc3oc2C24c5ccccc5N[C@H]2Oc2ccc(cc24)C[C@H](NC(=O)[C@@H](O)C(C)C)C(=O)N[C@H]3C(C)C)n1. The van der Waals surface area contributed by atoms with E-state index in [0.717, 1.165) is 22.4 Å². The standard InChI is InChI=1S/C35H37N5O8/c1-6-45-33(44)23-15-46-31(37-23)26-28-35-19-9-7-8-10-21(19)38-34(35)47-24-12-11-18(13-20(24)35)14-22(36-30(43)27(41)17(4)5)29(42)39-25(16(2)3)32(40-26)48-28/h7-13,15-17,22,25,27,34,38,41H,6,14H2,1-5H3,(H,36,43)(H,39,42)/t22-,25-,27-,34-,35?/m0/s1. The predicted octanol–water partition coefficient (Wildman–Crippen LogP) is 3.86. The van der Waals surface area contributed by atoms with E-state index < -0.39 is 47.6 Å². The van der Waals surface area contributed by atoms with E-state index in [0.29, 0.717) is 11.5 Å². The van der Waals surface area contributed by atoms with Crippen molar-refractivity contribution in [3.63, 3.8) is 0 Å². The van der Waals surface area contributed by atoms with Crippen molar-refractivity contribution in [2.45, 2.75) is 70.9 Å². The lowest BCUT2D eigenvalue weighted by atomic mass is 9.72. The van der Waals surface area contributed by atoms with Crippen LogP contribution in [0.1, 0.15) is 79.5 Å². The van der Waals surface area contributed by atoms with E-state index in [-0.39, 0.29) is 48.0 Å². The zero-order valence-corrected chi connectivity index (χ0v) is 27.2. The van der Waals surface area contributed by atoms with Crippen LogP contribution in [-0.2, 0) is 26.2 Å². The summed E-state index contributed by atoms with van der Waals surface area (Å²) in [5, 5.41) is 19.8. The maximum absolute atomic E-state index is 14.0. The molecule has 5 heterocycles. The van der Waals surface area contributed by atoms with Crippen molar-refractivity contribution in [3.05, 3.63) is 82.8 Å². The Labute approximate surface area is 276 Å². The van der Waals surface area contributed by atoms with E-state index in [9.17, 15) is 19.5 Å². The van der Waals surface area contributed by atoms with Crippen molar-refractivity contribution in [2.24, 2.45) is 11.8 Å². The molecule has 7 rings (SSSR count). The number of nitrogens with one attached hydrogen (secondary N) is 3. The van der Waals surface area contributed by atoms with Crippen LogP contribution in [-0.4, -0.2) is 57.8 Å². The van der Waals surface area contributed by atoms with Gasteiger partial charge in [-0.3, -0.25) is 9.59 Å². The maximum atomic E-state index is 14.0. The molecule has 4 N–H and O–H groups in total. The second kappa shape index (κ2) is 11.8. The molecule has 0 saturated heterocycles. The molecule has 1 spiro atoms. The Balaban J connectivity index is 1.46. The number of amides is 2. The molecule has 1 unspecified atom stereocenters. The van der Waals surface area contributed by atoms with Gasteiger partial charge in [0.15, 0.2) is 23.4 Å². The van der Waals surface area contributed by atoms with Crippen LogP contribution in [0.3, 0.4) is 0 Å². The van der Waals surface area contributed by atoms with Gasteiger partial charge in [0.25, 0.3) is 0 Å². The van der Waals surface area contributed by atoms with E-state index in [1.807, 2.05) is 56.3 Å². The average Bonchev–Trinajstić information content (AvgIpc) is 3.83. The molecule has 0 radical (unpaired) electrons. The van der Waals surface area contributed by atoms with Crippen LogP contribution in [0.2, 0.25) is 0 Å². The van der Waals surface area contributed by atoms with Gasteiger partial charge in [0.1, 0.15) is 35.6 Å². The molecule has 13 heteroatoms. The Hall–Kier alpha value is -5.17. The van der Waals surface area contributed by atoms with Crippen LogP contribution in [0.4, 0.5) is 5.69 Å². The largest absolute Gasteiger partial charge is 0.469 e. The van der Waals surface area contributed by atoms with E-state index in [1.54, 1.807) is 20.8 Å². The summed E-state index contributed by atoms with van der Waals surface area (Å²) in [6.45, 7) is 9.14. The predicted molar refractivity (Wildman–Crippen MR) is 171 cm³/mol. The van der Waals surface area contributed by atoms with Crippen molar-refractivity contribution in [2.75, 3.05) is 11.9 Å². The number of anilines is 1. The second-order valence-electron chi connectivity index (χ2n) is 13.0. The minimum Gasteiger partial charge on any atom is -0.469 e. The molecule has 3 aliphatic rings. The Kier molecular flexibility index (Phi) is 7.74. The topological polar surface area (TPSA) is 178 Å². The Bertz CT molecular complexity index is 1910. The first-order valence-corrected chi connectivity index (χ1v) is 16.1. The molecular formula is C35H37N5O8. The van der Waals surface area contributed by atoms with Gasteiger partial charge in [-0.05, 0) is 42.0 Å². The van der Waals surface area contributed by atoms with E-state index in [2.05, 4.69) is 20.9 Å². The van der Waals surface area contributed by atoms with Gasteiger partial charge < -0.3 is 39.4 Å². The van der Waals surface area contributed by atoms with Crippen LogP contribution >= 0.6 is 0 Å². The van der Waals surface area contributed by atoms with Crippen molar-refractivity contribution in [1.82, 2.24) is 20.6 Å². The molecule has 2 amide bonds. The molecule has 2 aromatic heterocycles. The van der Waals surface area contributed by atoms with Crippen molar-refractivity contribution in [3.8, 4) is 17.3 Å². The fraction of sp³-hybridized carbons (Fsp3) is 0.400. The lowest BCUT2D eigenvalue weighted by molar-refractivity contribution is -0.135. The molecule has 48 heavy (non-hydrogen) atoms. The van der Waals surface area contributed by atoms with Gasteiger partial charge >= 0.3 is 5.97 Å². The quantitative estimate of drug-likeness (QED) is 0.213. The number of aliphatic hydroxyl groups excluding tert-OH is 1. The number of carbonyl (C=O) groups excluding carboxylic acids is 3. The van der Waals surface area contributed by atoms with Crippen LogP contribution in [0.25, 0.3) is 11.6 Å². The molecule has 4 bridgehead atoms. The summed E-state index contributed by atoms with van der Waals surface area (Å²) in [5.74, 6) is -1.18. The third-order valence-electron chi connectivity index (χ3n) is 9.14. The number of esters is 1. The maximum Gasteiger partial charge on any atom is 0.360 e. The lowest BCUT2D eigenvalue weighted by Gasteiger charge is -2.29. The van der Waals surface area contributed by atoms with Gasteiger partial charge in [-0.1, -0.05) is 58.0 Å². The van der Waals surface area contributed by atoms with Crippen LogP contribution in [0.5, 0.6) is 5.75 Å². The molecule has 4 aromatic rings. The number of hydrogen-bond donors (Lipinski definition) is 4. The summed E-state index contributed by atoms with van der Waals surface area (Å²) in [7, 11) is 0. The highest BCUT2D eigenvalue weighted by atomic mass is 16.5. The van der Waals surface area contributed by atoms with Crippen LogP contribution < -0.4 is 20.7 Å². The highest BCUT2D eigenvalue weighted by Gasteiger charge is 2.61. The zero-order valence-electron chi connectivity index (χ0n) is 27.2. The van der Waals surface area contributed by atoms with Crippen molar-refractivity contribution >= 4 is 23.5 Å². The molecular weight excluding hydrogens is 618 g/mol. The first-order chi connectivity index (χ1) is 23.0. The number of aromatic nitrogens is 2. The summed E-state index contributed by atoms with van der Waals surface area (Å²) >= 11 is 0. The molecule has 2 aromatic carbocycles. The fourth-order valence-corrected chi connectivity index (χ4v) is 6.69. The molecule has 0 aliphatic carbocycles. The smallest absolute Gasteiger partial charge is 0.360 e. The Morgan fingerprint density at radius 1 is 1.10 bits per heavy atom. The average molecular weight is 656 g/mol. The van der Waals surface area contributed by atoms with E-state index >= 15 is 0 Å². The number of fused-ring (bicyclic) bond motifs is 4. The van der Waals surface area contributed by atoms with E-state index in [4.69, 9.17) is 23.3 Å². The first kappa shape index (κ1) is 31.4. The van der Waals surface area contributed by atoms with Crippen molar-refractivity contribution < 1.29 is 37.8 Å². The summed E-state index contributed by atoms with van der Waals surface area (Å²) in [6.07, 6.45) is -0.604. The van der Waals surface area contributed by atoms with Gasteiger partial charge in [0.2, 0.25) is 23.6 Å².